The SMILES string of the molecule is CN(CCC(=O)O)C(C#N)c1ccc(Br)cc1. The van der Waals surface area contributed by atoms with Gasteiger partial charge in [0, 0.05) is 11.0 Å². The average molecular weight is 297 g/mol. The summed E-state index contributed by atoms with van der Waals surface area (Å²) in [5, 5.41) is 17.7. The molecule has 1 aromatic rings. The highest BCUT2D eigenvalue weighted by Crippen LogP contribution is 2.20. The molecule has 0 fully saturated rings. The van der Waals surface area contributed by atoms with Crippen LogP contribution in [-0.4, -0.2) is 29.6 Å². The van der Waals surface area contributed by atoms with E-state index < -0.39 is 12.0 Å². The maximum atomic E-state index is 10.5. The van der Waals surface area contributed by atoms with E-state index in [9.17, 15) is 4.79 Å². The molecule has 1 rings (SSSR count). The third kappa shape index (κ3) is 4.17. The van der Waals surface area contributed by atoms with Crippen LogP contribution in [0.4, 0.5) is 0 Å². The first-order valence-electron chi connectivity index (χ1n) is 5.11. The monoisotopic (exact) mass is 296 g/mol. The summed E-state index contributed by atoms with van der Waals surface area (Å²) in [6.45, 7) is 0.351. The summed E-state index contributed by atoms with van der Waals surface area (Å²) in [7, 11) is 1.75. The number of aliphatic carboxylic acids is 1. The lowest BCUT2D eigenvalue weighted by atomic mass is 10.1. The van der Waals surface area contributed by atoms with Crippen molar-refractivity contribution in [1.82, 2.24) is 4.90 Å². The summed E-state index contributed by atoms with van der Waals surface area (Å²) >= 11 is 3.33. The van der Waals surface area contributed by atoms with E-state index in [2.05, 4.69) is 22.0 Å². The van der Waals surface area contributed by atoms with Gasteiger partial charge >= 0.3 is 5.97 Å². The number of nitriles is 1. The van der Waals surface area contributed by atoms with E-state index in [1.165, 1.54) is 0 Å². The van der Waals surface area contributed by atoms with Crippen LogP contribution in [0.5, 0.6) is 0 Å². The Labute approximate surface area is 109 Å². The molecule has 90 valence electrons. The molecule has 1 unspecified atom stereocenters. The Bertz CT molecular complexity index is 425. The zero-order valence-electron chi connectivity index (χ0n) is 9.43. The van der Waals surface area contributed by atoms with Crippen LogP contribution in [0, 0.1) is 11.3 Å². The third-order valence-electron chi connectivity index (χ3n) is 2.43. The lowest BCUT2D eigenvalue weighted by Gasteiger charge is -2.21. The summed E-state index contributed by atoms with van der Waals surface area (Å²) in [5.41, 5.74) is 0.864. The van der Waals surface area contributed by atoms with Crippen LogP contribution in [0.3, 0.4) is 0 Å². The standard InChI is InChI=1S/C12H13BrN2O2/c1-15(7-6-12(16)17)11(8-14)9-2-4-10(13)5-3-9/h2-5,11H,6-7H2,1H3,(H,16,17). The molecule has 0 saturated carbocycles. The van der Waals surface area contributed by atoms with E-state index in [0.29, 0.717) is 6.54 Å². The molecule has 1 aromatic carbocycles. The van der Waals surface area contributed by atoms with Crippen molar-refractivity contribution in [1.29, 1.82) is 5.26 Å². The van der Waals surface area contributed by atoms with Crippen molar-refractivity contribution in [3.63, 3.8) is 0 Å². The number of halogens is 1. The van der Waals surface area contributed by atoms with Crippen LogP contribution >= 0.6 is 15.9 Å². The topological polar surface area (TPSA) is 64.3 Å². The summed E-state index contributed by atoms with van der Waals surface area (Å²) in [4.78, 5) is 12.2. The Kier molecular flexibility index (Phi) is 5.13. The number of hydrogen-bond donors (Lipinski definition) is 1. The van der Waals surface area contributed by atoms with Crippen LogP contribution < -0.4 is 0 Å². The average Bonchev–Trinajstić information content (AvgIpc) is 2.30. The highest BCUT2D eigenvalue weighted by molar-refractivity contribution is 9.10. The summed E-state index contributed by atoms with van der Waals surface area (Å²) in [6, 6.07) is 9.21. The van der Waals surface area contributed by atoms with Crippen LogP contribution in [0.2, 0.25) is 0 Å². The Hall–Kier alpha value is -1.38. The number of carboxylic acid groups (broad SMARTS) is 1. The first-order valence-corrected chi connectivity index (χ1v) is 5.91. The largest absolute Gasteiger partial charge is 0.481 e. The maximum Gasteiger partial charge on any atom is 0.304 e. The Balaban J connectivity index is 2.74. The van der Waals surface area contributed by atoms with Crippen molar-refractivity contribution in [3.05, 3.63) is 34.3 Å². The molecular formula is C12H13BrN2O2. The quantitative estimate of drug-likeness (QED) is 0.906. The van der Waals surface area contributed by atoms with Gasteiger partial charge in [0.05, 0.1) is 12.5 Å². The molecule has 0 bridgehead atoms. The molecule has 0 amide bonds. The summed E-state index contributed by atoms with van der Waals surface area (Å²) in [5.74, 6) is -0.857. The molecule has 17 heavy (non-hydrogen) atoms. The van der Waals surface area contributed by atoms with Gasteiger partial charge < -0.3 is 5.11 Å². The van der Waals surface area contributed by atoms with Gasteiger partial charge in [0.2, 0.25) is 0 Å². The molecule has 0 aliphatic heterocycles. The zero-order chi connectivity index (χ0) is 12.8. The van der Waals surface area contributed by atoms with Crippen molar-refractivity contribution in [2.75, 3.05) is 13.6 Å². The molecule has 1 N–H and O–H groups in total. The van der Waals surface area contributed by atoms with Gasteiger partial charge in [0.25, 0.3) is 0 Å². The number of carboxylic acids is 1. The zero-order valence-corrected chi connectivity index (χ0v) is 11.0. The van der Waals surface area contributed by atoms with Gasteiger partial charge in [0.15, 0.2) is 0 Å². The van der Waals surface area contributed by atoms with E-state index >= 15 is 0 Å². The molecule has 0 aliphatic carbocycles. The fraction of sp³-hybridized carbons (Fsp3) is 0.333. The summed E-state index contributed by atoms with van der Waals surface area (Å²) in [6.07, 6.45) is 0.0329. The van der Waals surface area contributed by atoms with Gasteiger partial charge in [-0.25, -0.2) is 0 Å². The van der Waals surface area contributed by atoms with Crippen LogP contribution in [0.1, 0.15) is 18.0 Å². The molecule has 1 atom stereocenters. The van der Waals surface area contributed by atoms with Crippen LogP contribution in [-0.2, 0) is 4.79 Å². The molecule has 0 heterocycles. The lowest BCUT2D eigenvalue weighted by molar-refractivity contribution is -0.137. The smallest absolute Gasteiger partial charge is 0.304 e. The van der Waals surface area contributed by atoms with Crippen LogP contribution in [0.15, 0.2) is 28.7 Å². The number of carbonyl (C=O) groups is 1. The molecule has 0 aromatic heterocycles. The number of benzene rings is 1. The second-order valence-corrected chi connectivity index (χ2v) is 4.62. The second-order valence-electron chi connectivity index (χ2n) is 3.71. The van der Waals surface area contributed by atoms with Crippen molar-refractivity contribution >= 4 is 21.9 Å². The number of rotatable bonds is 5. The van der Waals surface area contributed by atoms with Crippen molar-refractivity contribution in [2.24, 2.45) is 0 Å². The highest BCUT2D eigenvalue weighted by atomic mass is 79.9. The first-order chi connectivity index (χ1) is 8.04. The Morgan fingerprint density at radius 3 is 2.59 bits per heavy atom. The maximum absolute atomic E-state index is 10.5. The highest BCUT2D eigenvalue weighted by Gasteiger charge is 2.16. The molecule has 0 saturated heterocycles. The van der Waals surface area contributed by atoms with E-state index in [-0.39, 0.29) is 6.42 Å². The molecule has 0 radical (unpaired) electrons. The first kappa shape index (κ1) is 13.7. The van der Waals surface area contributed by atoms with Gasteiger partial charge in [0.1, 0.15) is 6.04 Å². The molecule has 4 nitrogen and oxygen atoms in total. The summed E-state index contributed by atoms with van der Waals surface area (Å²) < 4.78 is 0.950. The van der Waals surface area contributed by atoms with Crippen molar-refractivity contribution in [3.8, 4) is 6.07 Å². The van der Waals surface area contributed by atoms with E-state index in [0.717, 1.165) is 10.0 Å². The molecule has 5 heteroatoms. The predicted molar refractivity (Wildman–Crippen MR) is 67.4 cm³/mol. The fourth-order valence-electron chi connectivity index (χ4n) is 1.47. The van der Waals surface area contributed by atoms with Crippen LogP contribution in [0.25, 0.3) is 0 Å². The minimum atomic E-state index is -0.857. The Morgan fingerprint density at radius 2 is 2.12 bits per heavy atom. The fourth-order valence-corrected chi connectivity index (χ4v) is 1.74. The number of hydrogen-bond acceptors (Lipinski definition) is 3. The minimum absolute atomic E-state index is 0.0329. The third-order valence-corrected chi connectivity index (χ3v) is 2.96. The van der Waals surface area contributed by atoms with Gasteiger partial charge in [-0.2, -0.15) is 5.26 Å². The number of nitrogens with zero attached hydrogens (tertiary/aromatic N) is 2. The molecule has 0 spiro atoms. The molecule has 0 aliphatic rings. The Morgan fingerprint density at radius 1 is 1.53 bits per heavy atom. The van der Waals surface area contributed by atoms with Crippen molar-refractivity contribution in [2.45, 2.75) is 12.5 Å². The normalized spacial score (nSPS) is 12.1. The minimum Gasteiger partial charge on any atom is -0.481 e. The lowest BCUT2D eigenvalue weighted by Crippen LogP contribution is -2.26. The van der Waals surface area contributed by atoms with Gasteiger partial charge in [-0.05, 0) is 24.7 Å². The van der Waals surface area contributed by atoms with E-state index in [1.54, 1.807) is 11.9 Å². The van der Waals surface area contributed by atoms with Crippen molar-refractivity contribution < 1.29 is 9.90 Å². The molecular weight excluding hydrogens is 284 g/mol. The predicted octanol–water partition coefficient (Wildman–Crippen LogP) is 2.42. The van der Waals surface area contributed by atoms with E-state index in [4.69, 9.17) is 10.4 Å². The van der Waals surface area contributed by atoms with Gasteiger partial charge in [-0.15, -0.1) is 0 Å². The van der Waals surface area contributed by atoms with Gasteiger partial charge in [-0.3, -0.25) is 9.69 Å². The second kappa shape index (κ2) is 6.38. The van der Waals surface area contributed by atoms with E-state index in [1.807, 2.05) is 24.3 Å². The van der Waals surface area contributed by atoms with Gasteiger partial charge in [-0.1, -0.05) is 28.1 Å².